The van der Waals surface area contributed by atoms with Crippen molar-refractivity contribution < 1.29 is 9.94 Å². The Labute approximate surface area is 99.0 Å². The van der Waals surface area contributed by atoms with Gasteiger partial charge in [-0.2, -0.15) is 0 Å². The Bertz CT molecular complexity index is 541. The molecule has 0 atom stereocenters. The van der Waals surface area contributed by atoms with Crippen LogP contribution < -0.4 is 4.74 Å². The lowest BCUT2D eigenvalue weighted by atomic mass is 9.98. The summed E-state index contributed by atoms with van der Waals surface area (Å²) in [5.74, 6) is 0.747. The summed E-state index contributed by atoms with van der Waals surface area (Å²) < 4.78 is 5.72. The fourth-order valence-electron chi connectivity index (χ4n) is 2.07. The average molecular weight is 225 g/mol. The number of fused-ring (bicyclic) bond motifs is 2. The summed E-state index contributed by atoms with van der Waals surface area (Å²) in [6.07, 6.45) is 0. The SMILES string of the molecule is O/N=C1\c2ccccc2COc2ccccc21. The second-order valence-electron chi connectivity index (χ2n) is 3.89. The van der Waals surface area contributed by atoms with E-state index in [1.165, 1.54) is 0 Å². The van der Waals surface area contributed by atoms with Crippen LogP contribution in [0, 0.1) is 0 Å². The van der Waals surface area contributed by atoms with Crippen LogP contribution >= 0.6 is 0 Å². The fraction of sp³-hybridized carbons (Fsp3) is 0.0714. The van der Waals surface area contributed by atoms with Crippen molar-refractivity contribution in [3.05, 3.63) is 65.2 Å². The molecule has 0 unspecified atom stereocenters. The fourth-order valence-corrected chi connectivity index (χ4v) is 2.07. The van der Waals surface area contributed by atoms with Crippen LogP contribution in [0.5, 0.6) is 5.75 Å². The minimum atomic E-state index is 0.492. The smallest absolute Gasteiger partial charge is 0.129 e. The van der Waals surface area contributed by atoms with Crippen LogP contribution in [0.1, 0.15) is 16.7 Å². The molecule has 0 spiro atoms. The molecule has 0 amide bonds. The Morgan fingerprint density at radius 1 is 0.941 bits per heavy atom. The Morgan fingerprint density at radius 2 is 1.65 bits per heavy atom. The molecule has 0 bridgehead atoms. The van der Waals surface area contributed by atoms with Crippen molar-refractivity contribution in [3.8, 4) is 5.75 Å². The van der Waals surface area contributed by atoms with Crippen LogP contribution in [-0.2, 0) is 6.61 Å². The van der Waals surface area contributed by atoms with E-state index in [-0.39, 0.29) is 0 Å². The first kappa shape index (κ1) is 9.90. The number of rotatable bonds is 0. The maximum atomic E-state index is 9.24. The van der Waals surface area contributed by atoms with Gasteiger partial charge in [-0.15, -0.1) is 0 Å². The van der Waals surface area contributed by atoms with Crippen molar-refractivity contribution in [3.63, 3.8) is 0 Å². The topological polar surface area (TPSA) is 41.8 Å². The van der Waals surface area contributed by atoms with E-state index in [0.717, 1.165) is 22.4 Å². The maximum absolute atomic E-state index is 9.24. The predicted octanol–water partition coefficient (Wildman–Crippen LogP) is 2.81. The molecule has 0 saturated heterocycles. The van der Waals surface area contributed by atoms with Gasteiger partial charge in [0.15, 0.2) is 0 Å². The van der Waals surface area contributed by atoms with Crippen molar-refractivity contribution in [2.75, 3.05) is 0 Å². The molecule has 1 heterocycles. The Morgan fingerprint density at radius 3 is 2.47 bits per heavy atom. The van der Waals surface area contributed by atoms with Crippen molar-refractivity contribution in [1.82, 2.24) is 0 Å². The van der Waals surface area contributed by atoms with Gasteiger partial charge in [-0.25, -0.2) is 0 Å². The number of hydrogen-bond donors (Lipinski definition) is 1. The number of ether oxygens (including phenoxy) is 1. The lowest BCUT2D eigenvalue weighted by molar-refractivity contribution is 0.307. The zero-order valence-electron chi connectivity index (χ0n) is 9.13. The van der Waals surface area contributed by atoms with Crippen LogP contribution in [0.2, 0.25) is 0 Å². The zero-order valence-corrected chi connectivity index (χ0v) is 9.13. The summed E-state index contributed by atoms with van der Waals surface area (Å²) in [6, 6.07) is 15.4. The molecule has 2 aromatic rings. The normalized spacial score (nSPS) is 15.6. The molecule has 0 fully saturated rings. The number of oxime groups is 1. The molecule has 3 rings (SSSR count). The van der Waals surface area contributed by atoms with E-state index in [9.17, 15) is 5.21 Å². The summed E-state index contributed by atoms with van der Waals surface area (Å²) in [5.41, 5.74) is 3.32. The Hall–Kier alpha value is -2.29. The van der Waals surface area contributed by atoms with Gasteiger partial charge in [0, 0.05) is 11.1 Å². The highest BCUT2D eigenvalue weighted by Crippen LogP contribution is 2.28. The van der Waals surface area contributed by atoms with Crippen LogP contribution in [0.15, 0.2) is 53.7 Å². The van der Waals surface area contributed by atoms with Gasteiger partial charge in [0.1, 0.15) is 18.1 Å². The lowest BCUT2D eigenvalue weighted by Gasteiger charge is -2.06. The van der Waals surface area contributed by atoms with Gasteiger partial charge in [0.25, 0.3) is 0 Å². The van der Waals surface area contributed by atoms with Crippen LogP contribution in [0.25, 0.3) is 0 Å². The minimum Gasteiger partial charge on any atom is -0.488 e. The van der Waals surface area contributed by atoms with Gasteiger partial charge in [-0.05, 0) is 17.7 Å². The minimum absolute atomic E-state index is 0.492. The van der Waals surface area contributed by atoms with E-state index in [4.69, 9.17) is 4.74 Å². The molecule has 84 valence electrons. The molecule has 0 aromatic heterocycles. The molecular formula is C14H11NO2. The molecule has 3 heteroatoms. The van der Waals surface area contributed by atoms with Crippen LogP contribution in [0.3, 0.4) is 0 Å². The zero-order chi connectivity index (χ0) is 11.7. The van der Waals surface area contributed by atoms with E-state index >= 15 is 0 Å². The number of hydrogen-bond acceptors (Lipinski definition) is 3. The highest BCUT2D eigenvalue weighted by Gasteiger charge is 2.19. The quantitative estimate of drug-likeness (QED) is 0.553. The number of nitrogens with zero attached hydrogens (tertiary/aromatic N) is 1. The van der Waals surface area contributed by atoms with Gasteiger partial charge in [-0.1, -0.05) is 41.6 Å². The molecule has 1 N–H and O–H groups in total. The molecular weight excluding hydrogens is 214 g/mol. The summed E-state index contributed by atoms with van der Waals surface area (Å²) in [4.78, 5) is 0. The lowest BCUT2D eigenvalue weighted by Crippen LogP contribution is -2.04. The van der Waals surface area contributed by atoms with Gasteiger partial charge in [0.05, 0.1) is 0 Å². The molecule has 0 radical (unpaired) electrons. The largest absolute Gasteiger partial charge is 0.488 e. The third-order valence-electron chi connectivity index (χ3n) is 2.90. The van der Waals surface area contributed by atoms with Gasteiger partial charge in [-0.3, -0.25) is 0 Å². The monoisotopic (exact) mass is 225 g/mol. The third-order valence-corrected chi connectivity index (χ3v) is 2.90. The van der Waals surface area contributed by atoms with Crippen molar-refractivity contribution in [2.24, 2.45) is 5.16 Å². The summed E-state index contributed by atoms with van der Waals surface area (Å²) >= 11 is 0. The van der Waals surface area contributed by atoms with E-state index in [1.54, 1.807) is 0 Å². The predicted molar refractivity (Wildman–Crippen MR) is 64.6 cm³/mol. The van der Waals surface area contributed by atoms with Gasteiger partial charge >= 0.3 is 0 Å². The second kappa shape index (κ2) is 3.94. The second-order valence-corrected chi connectivity index (χ2v) is 3.89. The van der Waals surface area contributed by atoms with Crippen molar-refractivity contribution >= 4 is 5.71 Å². The molecule has 0 saturated carbocycles. The summed E-state index contributed by atoms with van der Waals surface area (Å²) in [5, 5.41) is 12.7. The standard InChI is InChI=1S/C14H11NO2/c16-15-14-11-6-2-1-5-10(11)9-17-13-8-4-3-7-12(13)14/h1-8,16H,9H2/b15-14+. The number of benzene rings is 2. The van der Waals surface area contributed by atoms with E-state index in [2.05, 4.69) is 5.16 Å². The maximum Gasteiger partial charge on any atom is 0.129 e. The molecule has 1 aliphatic heterocycles. The highest BCUT2D eigenvalue weighted by atomic mass is 16.5. The molecule has 2 aromatic carbocycles. The highest BCUT2D eigenvalue weighted by molar-refractivity contribution is 6.15. The molecule has 1 aliphatic rings. The third kappa shape index (κ3) is 1.56. The van der Waals surface area contributed by atoms with Crippen LogP contribution in [0.4, 0.5) is 0 Å². The molecule has 17 heavy (non-hydrogen) atoms. The first-order chi connectivity index (χ1) is 8.40. The van der Waals surface area contributed by atoms with E-state index < -0.39 is 0 Å². The first-order valence-corrected chi connectivity index (χ1v) is 5.42. The summed E-state index contributed by atoms with van der Waals surface area (Å²) in [6.45, 7) is 0.492. The van der Waals surface area contributed by atoms with Crippen LogP contribution in [-0.4, -0.2) is 10.9 Å². The Kier molecular flexibility index (Phi) is 2.29. The van der Waals surface area contributed by atoms with Crippen molar-refractivity contribution in [2.45, 2.75) is 6.61 Å². The average Bonchev–Trinajstić information content (AvgIpc) is 2.55. The summed E-state index contributed by atoms with van der Waals surface area (Å²) in [7, 11) is 0. The first-order valence-electron chi connectivity index (χ1n) is 5.42. The van der Waals surface area contributed by atoms with E-state index in [0.29, 0.717) is 12.3 Å². The Balaban J connectivity index is 2.27. The number of para-hydroxylation sites is 1. The van der Waals surface area contributed by atoms with E-state index in [1.807, 2.05) is 48.5 Å². The van der Waals surface area contributed by atoms with Gasteiger partial charge in [0.2, 0.25) is 0 Å². The molecule has 3 nitrogen and oxygen atoms in total. The van der Waals surface area contributed by atoms with Crippen molar-refractivity contribution in [1.29, 1.82) is 0 Å². The molecule has 0 aliphatic carbocycles. The van der Waals surface area contributed by atoms with Gasteiger partial charge < -0.3 is 9.94 Å².